The monoisotopic (exact) mass is 387 g/mol. The van der Waals surface area contributed by atoms with E-state index < -0.39 is 5.97 Å². The van der Waals surface area contributed by atoms with Crippen LogP contribution in [0.3, 0.4) is 0 Å². The largest absolute Gasteiger partial charge is 0.465 e. The summed E-state index contributed by atoms with van der Waals surface area (Å²) in [4.78, 5) is 25.3. The Morgan fingerprint density at radius 3 is 2.58 bits per heavy atom. The van der Waals surface area contributed by atoms with Crippen LogP contribution in [0.5, 0.6) is 0 Å². The first kappa shape index (κ1) is 18.0. The third-order valence-corrected chi connectivity index (χ3v) is 5.30. The molecular weight excluding hydrogens is 373 g/mol. The highest BCUT2D eigenvalue weighted by Gasteiger charge is 2.22. The number of rotatable bonds is 5. The minimum absolute atomic E-state index is 0.337. The fourth-order valence-corrected chi connectivity index (χ4v) is 4.04. The van der Waals surface area contributed by atoms with Crippen LogP contribution in [0, 0.1) is 5.82 Å². The maximum Gasteiger partial charge on any atom is 0.341 e. The summed E-state index contributed by atoms with van der Waals surface area (Å²) in [5, 5.41) is 6.87. The van der Waals surface area contributed by atoms with Crippen molar-refractivity contribution in [1.29, 1.82) is 0 Å². The van der Waals surface area contributed by atoms with Crippen LogP contribution >= 0.6 is 22.7 Å². The van der Waals surface area contributed by atoms with Gasteiger partial charge in [0.1, 0.15) is 16.4 Å². The number of carbonyl (C=O) groups is 2. The van der Waals surface area contributed by atoms with Crippen molar-refractivity contribution in [2.45, 2.75) is 0 Å². The Morgan fingerprint density at radius 1 is 1.15 bits per heavy atom. The maximum atomic E-state index is 12.9. The summed E-state index contributed by atoms with van der Waals surface area (Å²) in [5.74, 6) is -1.24. The first-order valence-corrected chi connectivity index (χ1v) is 9.32. The molecule has 2 heterocycles. The number of esters is 1. The van der Waals surface area contributed by atoms with E-state index in [1.54, 1.807) is 18.2 Å². The fraction of sp³-hybridized carbons (Fsp3) is 0.0526. The fourth-order valence-electron chi connectivity index (χ4n) is 2.27. The molecule has 7 heteroatoms. The quantitative estimate of drug-likeness (QED) is 0.492. The number of ether oxygens (including phenoxy) is 1. The number of anilines is 1. The molecule has 1 aromatic carbocycles. The van der Waals surface area contributed by atoms with E-state index in [1.165, 1.54) is 48.0 Å². The molecule has 2 aromatic heterocycles. The van der Waals surface area contributed by atoms with E-state index in [1.807, 2.05) is 22.9 Å². The molecule has 132 valence electrons. The van der Waals surface area contributed by atoms with Crippen LogP contribution in [-0.2, 0) is 9.53 Å². The average molecular weight is 387 g/mol. The van der Waals surface area contributed by atoms with Crippen LogP contribution in [0.1, 0.15) is 15.9 Å². The molecule has 1 N–H and O–H groups in total. The second-order valence-corrected chi connectivity index (χ2v) is 7.02. The summed E-state index contributed by atoms with van der Waals surface area (Å²) in [6, 6.07) is 9.57. The lowest BCUT2D eigenvalue weighted by atomic mass is 10.1. The van der Waals surface area contributed by atoms with E-state index in [0.29, 0.717) is 16.1 Å². The minimum Gasteiger partial charge on any atom is -0.465 e. The summed E-state index contributed by atoms with van der Waals surface area (Å²) in [5.41, 5.74) is 1.76. The van der Waals surface area contributed by atoms with Gasteiger partial charge in [0.15, 0.2) is 0 Å². The average Bonchev–Trinajstić information content (AvgIpc) is 3.30. The Balaban J connectivity index is 1.82. The Labute approximate surface area is 157 Å². The molecule has 0 unspecified atom stereocenters. The third-order valence-electron chi connectivity index (χ3n) is 3.50. The number of amides is 1. The van der Waals surface area contributed by atoms with Gasteiger partial charge in [-0.3, -0.25) is 4.79 Å². The van der Waals surface area contributed by atoms with Crippen molar-refractivity contribution in [1.82, 2.24) is 0 Å². The maximum absolute atomic E-state index is 12.9. The van der Waals surface area contributed by atoms with Gasteiger partial charge in [-0.1, -0.05) is 18.2 Å². The van der Waals surface area contributed by atoms with Crippen LogP contribution in [0.2, 0.25) is 0 Å². The number of nitrogens with one attached hydrogen (secondary N) is 1. The van der Waals surface area contributed by atoms with Crippen LogP contribution in [-0.4, -0.2) is 19.0 Å². The molecule has 0 bridgehead atoms. The Bertz CT molecular complexity index is 944. The van der Waals surface area contributed by atoms with E-state index >= 15 is 0 Å². The minimum atomic E-state index is -0.507. The van der Waals surface area contributed by atoms with Crippen molar-refractivity contribution in [3.63, 3.8) is 0 Å². The Morgan fingerprint density at radius 2 is 1.92 bits per heavy atom. The summed E-state index contributed by atoms with van der Waals surface area (Å²) in [6.07, 6.45) is 2.90. The number of hydrogen-bond acceptors (Lipinski definition) is 5. The smallest absolute Gasteiger partial charge is 0.341 e. The highest BCUT2D eigenvalue weighted by atomic mass is 32.1. The predicted octanol–water partition coefficient (Wildman–Crippen LogP) is 5.05. The first-order chi connectivity index (χ1) is 12.6. The van der Waals surface area contributed by atoms with Crippen molar-refractivity contribution in [2.75, 3.05) is 12.4 Å². The van der Waals surface area contributed by atoms with Gasteiger partial charge in [0, 0.05) is 21.9 Å². The third kappa shape index (κ3) is 4.07. The summed E-state index contributed by atoms with van der Waals surface area (Å²) >= 11 is 2.76. The molecule has 0 aliphatic carbocycles. The zero-order valence-corrected chi connectivity index (χ0v) is 15.3. The molecular formula is C19H14FNO3S2. The molecule has 0 fully saturated rings. The summed E-state index contributed by atoms with van der Waals surface area (Å²) < 4.78 is 17.8. The highest BCUT2D eigenvalue weighted by molar-refractivity contribution is 7.17. The van der Waals surface area contributed by atoms with Gasteiger partial charge in [0.25, 0.3) is 0 Å². The van der Waals surface area contributed by atoms with Gasteiger partial charge in [0.05, 0.1) is 7.11 Å². The van der Waals surface area contributed by atoms with Crippen LogP contribution in [0.4, 0.5) is 9.39 Å². The molecule has 0 saturated carbocycles. The predicted molar refractivity (Wildman–Crippen MR) is 103 cm³/mol. The van der Waals surface area contributed by atoms with Crippen molar-refractivity contribution in [3.05, 3.63) is 70.2 Å². The molecule has 0 saturated heterocycles. The molecule has 1 amide bonds. The summed E-state index contributed by atoms with van der Waals surface area (Å²) in [6.45, 7) is 0. The van der Waals surface area contributed by atoms with Crippen LogP contribution < -0.4 is 5.32 Å². The number of thiophene rings is 2. The molecule has 4 nitrogen and oxygen atoms in total. The van der Waals surface area contributed by atoms with Crippen LogP contribution in [0.25, 0.3) is 16.5 Å². The van der Waals surface area contributed by atoms with E-state index in [2.05, 4.69) is 5.32 Å². The van der Waals surface area contributed by atoms with Crippen molar-refractivity contribution >= 4 is 45.6 Å². The van der Waals surface area contributed by atoms with Crippen molar-refractivity contribution in [2.24, 2.45) is 0 Å². The Kier molecular flexibility index (Phi) is 5.60. The zero-order valence-electron chi connectivity index (χ0n) is 13.7. The molecule has 3 rings (SSSR count). The summed E-state index contributed by atoms with van der Waals surface area (Å²) in [7, 11) is 1.30. The normalized spacial score (nSPS) is 10.8. The highest BCUT2D eigenvalue weighted by Crippen LogP contribution is 2.38. The topological polar surface area (TPSA) is 55.4 Å². The van der Waals surface area contributed by atoms with Gasteiger partial charge in [-0.25, -0.2) is 9.18 Å². The molecule has 0 atom stereocenters. The van der Waals surface area contributed by atoms with Gasteiger partial charge in [-0.2, -0.15) is 0 Å². The van der Waals surface area contributed by atoms with E-state index in [-0.39, 0.29) is 11.7 Å². The van der Waals surface area contributed by atoms with Gasteiger partial charge >= 0.3 is 5.97 Å². The second kappa shape index (κ2) is 8.07. The number of hydrogen-bond donors (Lipinski definition) is 1. The first-order valence-electron chi connectivity index (χ1n) is 7.57. The lowest BCUT2D eigenvalue weighted by Gasteiger charge is -2.05. The number of methoxy groups -OCH3 is 1. The molecule has 3 aromatic rings. The Hall–Kier alpha value is -2.77. The number of halogens is 1. The molecule has 0 aliphatic rings. The van der Waals surface area contributed by atoms with E-state index in [4.69, 9.17) is 4.74 Å². The van der Waals surface area contributed by atoms with Gasteiger partial charge in [-0.05, 0) is 35.2 Å². The number of carbonyl (C=O) groups excluding carboxylic acids is 2. The number of benzene rings is 1. The molecule has 0 aliphatic heterocycles. The lowest BCUT2D eigenvalue weighted by Crippen LogP contribution is -2.11. The van der Waals surface area contributed by atoms with Gasteiger partial charge < -0.3 is 10.1 Å². The van der Waals surface area contributed by atoms with Crippen LogP contribution in [0.15, 0.2) is 53.2 Å². The second-order valence-electron chi connectivity index (χ2n) is 5.20. The lowest BCUT2D eigenvalue weighted by molar-refractivity contribution is -0.111. The van der Waals surface area contributed by atoms with Crippen molar-refractivity contribution in [3.8, 4) is 10.4 Å². The molecule has 26 heavy (non-hydrogen) atoms. The van der Waals surface area contributed by atoms with Crippen molar-refractivity contribution < 1.29 is 18.7 Å². The van der Waals surface area contributed by atoms with Gasteiger partial charge in [-0.15, -0.1) is 22.7 Å². The SMILES string of the molecule is COC(=O)c1c(-c2cccs2)csc1NC(=O)/C=C\c1ccc(F)cc1. The van der Waals surface area contributed by atoms with E-state index in [0.717, 1.165) is 10.4 Å². The molecule has 0 spiro atoms. The van der Waals surface area contributed by atoms with Gasteiger partial charge in [0.2, 0.25) is 5.91 Å². The van der Waals surface area contributed by atoms with E-state index in [9.17, 15) is 14.0 Å². The standard InChI is InChI=1S/C19H14FNO3S2/c1-24-19(23)17-14(15-3-2-10-25-15)11-26-18(17)21-16(22)9-6-12-4-7-13(20)8-5-12/h2-11H,1H3,(H,21,22)/b9-6-. The zero-order chi connectivity index (χ0) is 18.5. The molecule has 0 radical (unpaired) electrons.